The maximum absolute atomic E-state index is 12.7. The zero-order valence-corrected chi connectivity index (χ0v) is 14.9. The second-order valence-electron chi connectivity index (χ2n) is 6.87. The van der Waals surface area contributed by atoms with Crippen molar-refractivity contribution in [2.75, 3.05) is 6.54 Å². The summed E-state index contributed by atoms with van der Waals surface area (Å²) < 4.78 is 38.0. The van der Waals surface area contributed by atoms with Gasteiger partial charge in [0, 0.05) is 12.0 Å². The Morgan fingerprint density at radius 1 is 0.963 bits per heavy atom. The largest absolute Gasteiger partial charge is 0.478 e. The van der Waals surface area contributed by atoms with Crippen LogP contribution in [0, 0.1) is 0 Å². The van der Waals surface area contributed by atoms with Gasteiger partial charge < -0.3 is 10.4 Å². The second kappa shape index (κ2) is 7.82. The van der Waals surface area contributed by atoms with Crippen LogP contribution >= 0.6 is 0 Å². The van der Waals surface area contributed by atoms with Crippen molar-refractivity contribution in [1.29, 1.82) is 0 Å². The molecule has 4 nitrogen and oxygen atoms in total. The Hall–Kier alpha value is -2.83. The van der Waals surface area contributed by atoms with E-state index in [9.17, 15) is 22.8 Å². The van der Waals surface area contributed by atoms with Gasteiger partial charge in [-0.3, -0.25) is 4.79 Å². The summed E-state index contributed by atoms with van der Waals surface area (Å²) in [4.78, 5) is 23.4. The van der Waals surface area contributed by atoms with Gasteiger partial charge in [-0.1, -0.05) is 44.2 Å². The van der Waals surface area contributed by atoms with Gasteiger partial charge in [-0.25, -0.2) is 4.79 Å². The Morgan fingerprint density at radius 3 is 2.07 bits per heavy atom. The molecule has 0 radical (unpaired) electrons. The molecule has 2 aromatic carbocycles. The Balaban J connectivity index is 2.02. The fourth-order valence-corrected chi connectivity index (χ4v) is 2.65. The SMILES string of the molecule is CC(C)(CNC(=O)Cc1ccccc1C(=O)O)c1ccc(C(F)(F)F)cc1. The molecule has 0 aromatic heterocycles. The van der Waals surface area contributed by atoms with E-state index in [0.29, 0.717) is 11.1 Å². The van der Waals surface area contributed by atoms with Gasteiger partial charge in [0.2, 0.25) is 5.91 Å². The Bertz CT molecular complexity index is 827. The number of carbonyl (C=O) groups is 2. The highest BCUT2D eigenvalue weighted by molar-refractivity contribution is 5.91. The van der Waals surface area contributed by atoms with Crippen molar-refractivity contribution in [2.45, 2.75) is 31.9 Å². The average molecular weight is 379 g/mol. The lowest BCUT2D eigenvalue weighted by molar-refractivity contribution is -0.137. The number of benzene rings is 2. The third-order valence-electron chi connectivity index (χ3n) is 4.32. The molecule has 0 heterocycles. The van der Waals surface area contributed by atoms with Crippen LogP contribution in [0.25, 0.3) is 0 Å². The molecular weight excluding hydrogens is 359 g/mol. The molecular formula is C20H20F3NO3. The average Bonchev–Trinajstić information content (AvgIpc) is 2.60. The van der Waals surface area contributed by atoms with E-state index in [4.69, 9.17) is 5.11 Å². The minimum atomic E-state index is -4.39. The first-order valence-corrected chi connectivity index (χ1v) is 8.26. The van der Waals surface area contributed by atoms with E-state index >= 15 is 0 Å². The zero-order chi connectivity index (χ0) is 20.2. The van der Waals surface area contributed by atoms with E-state index in [1.165, 1.54) is 18.2 Å². The minimum Gasteiger partial charge on any atom is -0.478 e. The summed E-state index contributed by atoms with van der Waals surface area (Å²) in [6.45, 7) is 3.81. The van der Waals surface area contributed by atoms with E-state index in [0.717, 1.165) is 12.1 Å². The first-order valence-electron chi connectivity index (χ1n) is 8.26. The molecule has 2 N–H and O–H groups in total. The maximum atomic E-state index is 12.7. The summed E-state index contributed by atoms with van der Waals surface area (Å²) in [6.07, 6.45) is -4.49. The molecule has 1 amide bonds. The lowest BCUT2D eigenvalue weighted by Gasteiger charge is -2.26. The highest BCUT2D eigenvalue weighted by Crippen LogP contribution is 2.31. The number of rotatable bonds is 6. The number of nitrogens with one attached hydrogen (secondary N) is 1. The van der Waals surface area contributed by atoms with Crippen LogP contribution in [0.3, 0.4) is 0 Å². The van der Waals surface area contributed by atoms with Gasteiger partial charge in [-0.2, -0.15) is 13.2 Å². The molecule has 0 atom stereocenters. The number of hydrogen-bond donors (Lipinski definition) is 2. The van der Waals surface area contributed by atoms with Crippen LogP contribution < -0.4 is 5.32 Å². The highest BCUT2D eigenvalue weighted by atomic mass is 19.4. The van der Waals surface area contributed by atoms with Crippen molar-refractivity contribution >= 4 is 11.9 Å². The van der Waals surface area contributed by atoms with Gasteiger partial charge in [0.05, 0.1) is 17.5 Å². The molecule has 27 heavy (non-hydrogen) atoms. The Kier molecular flexibility index (Phi) is 5.93. The van der Waals surface area contributed by atoms with Crippen LogP contribution in [0.1, 0.15) is 40.9 Å². The highest BCUT2D eigenvalue weighted by Gasteiger charge is 2.31. The molecule has 0 bridgehead atoms. The summed E-state index contributed by atoms with van der Waals surface area (Å²) in [7, 11) is 0. The van der Waals surface area contributed by atoms with Crippen LogP contribution in [0.15, 0.2) is 48.5 Å². The van der Waals surface area contributed by atoms with Crippen molar-refractivity contribution in [3.05, 3.63) is 70.8 Å². The van der Waals surface area contributed by atoms with Crippen LogP contribution in [-0.4, -0.2) is 23.5 Å². The number of halogens is 3. The standard InChI is InChI=1S/C20H20F3NO3/c1-19(2,14-7-9-15(10-8-14)20(21,22)23)12-24-17(25)11-13-5-3-4-6-16(13)18(26)27/h3-10H,11-12H2,1-2H3,(H,24,25)(H,26,27). The fraction of sp³-hybridized carbons (Fsp3) is 0.300. The molecule has 0 unspecified atom stereocenters. The van der Waals surface area contributed by atoms with Crippen molar-refractivity contribution in [2.24, 2.45) is 0 Å². The summed E-state index contributed by atoms with van der Waals surface area (Å²) >= 11 is 0. The summed E-state index contributed by atoms with van der Waals surface area (Å²) in [5.41, 5.74) is -0.200. The first kappa shape index (κ1) is 20.5. The smallest absolute Gasteiger partial charge is 0.416 e. The van der Waals surface area contributed by atoms with E-state index < -0.39 is 23.1 Å². The van der Waals surface area contributed by atoms with Crippen molar-refractivity contribution < 1.29 is 27.9 Å². The van der Waals surface area contributed by atoms with Gasteiger partial charge in [-0.05, 0) is 29.3 Å². The molecule has 0 saturated carbocycles. The number of carbonyl (C=O) groups excluding carboxylic acids is 1. The zero-order valence-electron chi connectivity index (χ0n) is 14.9. The molecule has 0 aliphatic rings. The van der Waals surface area contributed by atoms with Gasteiger partial charge in [0.25, 0.3) is 0 Å². The Morgan fingerprint density at radius 2 is 1.52 bits per heavy atom. The van der Waals surface area contributed by atoms with Crippen molar-refractivity contribution in [3.63, 3.8) is 0 Å². The lowest BCUT2D eigenvalue weighted by atomic mass is 9.84. The summed E-state index contributed by atoms with van der Waals surface area (Å²) in [5.74, 6) is -1.47. The summed E-state index contributed by atoms with van der Waals surface area (Å²) in [6, 6.07) is 11.1. The first-order chi connectivity index (χ1) is 12.5. The number of hydrogen-bond acceptors (Lipinski definition) is 2. The van der Waals surface area contributed by atoms with Gasteiger partial charge in [0.15, 0.2) is 0 Å². The molecule has 0 fully saturated rings. The monoisotopic (exact) mass is 379 g/mol. The molecule has 0 aliphatic carbocycles. The number of alkyl halides is 3. The lowest BCUT2D eigenvalue weighted by Crippen LogP contribution is -2.37. The van der Waals surface area contributed by atoms with E-state index in [2.05, 4.69) is 5.32 Å². The molecule has 0 aliphatic heterocycles. The van der Waals surface area contributed by atoms with E-state index in [1.807, 2.05) is 0 Å². The number of carboxylic acids is 1. The quantitative estimate of drug-likeness (QED) is 0.796. The summed E-state index contributed by atoms with van der Waals surface area (Å²) in [5, 5.41) is 11.9. The number of amides is 1. The van der Waals surface area contributed by atoms with Crippen LogP contribution in [0.4, 0.5) is 13.2 Å². The number of carboxylic acid groups (broad SMARTS) is 1. The molecule has 2 aromatic rings. The Labute approximate surface area is 155 Å². The molecule has 0 saturated heterocycles. The second-order valence-corrected chi connectivity index (χ2v) is 6.87. The third-order valence-corrected chi connectivity index (χ3v) is 4.32. The molecule has 7 heteroatoms. The normalized spacial score (nSPS) is 11.9. The van der Waals surface area contributed by atoms with Crippen molar-refractivity contribution in [1.82, 2.24) is 5.32 Å². The van der Waals surface area contributed by atoms with E-state index in [1.54, 1.807) is 32.0 Å². The van der Waals surface area contributed by atoms with Crippen molar-refractivity contribution in [3.8, 4) is 0 Å². The third kappa shape index (κ3) is 5.32. The predicted molar refractivity (Wildman–Crippen MR) is 94.6 cm³/mol. The number of aromatic carboxylic acids is 1. The van der Waals surface area contributed by atoms with Gasteiger partial charge >= 0.3 is 12.1 Å². The van der Waals surface area contributed by atoms with E-state index in [-0.39, 0.29) is 24.4 Å². The van der Waals surface area contributed by atoms with Crippen LogP contribution in [0.5, 0.6) is 0 Å². The van der Waals surface area contributed by atoms with Gasteiger partial charge in [-0.15, -0.1) is 0 Å². The minimum absolute atomic E-state index is 0.0645. The molecule has 0 spiro atoms. The topological polar surface area (TPSA) is 66.4 Å². The molecule has 2 rings (SSSR count). The predicted octanol–water partition coefficient (Wildman–Crippen LogP) is 4.04. The van der Waals surface area contributed by atoms with Gasteiger partial charge in [0.1, 0.15) is 0 Å². The fourth-order valence-electron chi connectivity index (χ4n) is 2.65. The van der Waals surface area contributed by atoms with Crippen LogP contribution in [0.2, 0.25) is 0 Å². The van der Waals surface area contributed by atoms with Crippen LogP contribution in [-0.2, 0) is 22.8 Å². The molecule has 144 valence electrons. The maximum Gasteiger partial charge on any atom is 0.416 e.